The van der Waals surface area contributed by atoms with Crippen molar-refractivity contribution in [3.63, 3.8) is 0 Å². The van der Waals surface area contributed by atoms with E-state index in [1.54, 1.807) is 18.3 Å². The van der Waals surface area contributed by atoms with Crippen LogP contribution in [0.1, 0.15) is 16.1 Å². The van der Waals surface area contributed by atoms with Gasteiger partial charge >= 0.3 is 0 Å². The molecule has 0 fully saturated rings. The molecule has 124 valence electrons. The smallest absolute Gasteiger partial charge is 0.210 e. The van der Waals surface area contributed by atoms with Gasteiger partial charge in [0.05, 0.1) is 22.4 Å². The van der Waals surface area contributed by atoms with Crippen LogP contribution in [-0.4, -0.2) is 15.8 Å². The lowest BCUT2D eigenvalue weighted by Crippen LogP contribution is -2.16. The molecule has 0 radical (unpaired) electrons. The molecule has 2 heterocycles. The molecule has 1 aliphatic rings. The number of benzene rings is 2. The molecule has 0 aliphatic heterocycles. The van der Waals surface area contributed by atoms with Crippen molar-refractivity contribution in [3.8, 4) is 0 Å². The van der Waals surface area contributed by atoms with Crippen molar-refractivity contribution in [1.82, 2.24) is 9.97 Å². The Morgan fingerprint density at radius 1 is 1.00 bits per heavy atom. The van der Waals surface area contributed by atoms with Crippen LogP contribution in [0.3, 0.4) is 0 Å². The van der Waals surface area contributed by atoms with Crippen molar-refractivity contribution in [2.45, 2.75) is 0 Å². The Kier molecular flexibility index (Phi) is 3.27. The fourth-order valence-electron chi connectivity index (χ4n) is 3.32. The highest BCUT2D eigenvalue weighted by Crippen LogP contribution is 2.34. The van der Waals surface area contributed by atoms with Crippen LogP contribution in [0.4, 0.5) is 5.69 Å². The number of para-hydroxylation sites is 1. The summed E-state index contributed by atoms with van der Waals surface area (Å²) in [6, 6.07) is 16.9. The van der Waals surface area contributed by atoms with E-state index in [2.05, 4.69) is 10.3 Å². The molecule has 2 aromatic heterocycles. The number of fused-ring (bicyclic) bond motifs is 2. The van der Waals surface area contributed by atoms with E-state index < -0.39 is 0 Å². The van der Waals surface area contributed by atoms with Gasteiger partial charge in [-0.3, -0.25) is 9.78 Å². The molecule has 1 aliphatic carbocycles. The molecule has 5 heteroatoms. The number of rotatable bonds is 2. The highest BCUT2D eigenvalue weighted by molar-refractivity contribution is 6.32. The van der Waals surface area contributed by atoms with E-state index in [-0.39, 0.29) is 5.78 Å². The lowest BCUT2D eigenvalue weighted by Gasteiger charge is -2.18. The van der Waals surface area contributed by atoms with Gasteiger partial charge in [-0.25, -0.2) is 4.98 Å². The minimum atomic E-state index is -0.0659. The summed E-state index contributed by atoms with van der Waals surface area (Å²) in [7, 11) is 0. The standard InChI is InChI=1S/C21H12ClN3O/c22-12-6-7-14-16(10-12)25-17-11-18(24-13-4-2-1-3-5-13)21(26)15-8-9-23-20(14)19(15)17/h1-11,24H. The van der Waals surface area contributed by atoms with Gasteiger partial charge in [0.25, 0.3) is 0 Å². The fraction of sp³-hybridized carbons (Fsp3) is 0. The summed E-state index contributed by atoms with van der Waals surface area (Å²) in [5.41, 5.74) is 4.19. The van der Waals surface area contributed by atoms with Gasteiger partial charge in [0.15, 0.2) is 0 Å². The van der Waals surface area contributed by atoms with Crippen molar-refractivity contribution in [3.05, 3.63) is 82.8 Å². The number of hydrogen-bond donors (Lipinski definition) is 1. The number of Topliss-reactive ketones (excluding diaryl/α,β-unsaturated/α-hetero) is 1. The van der Waals surface area contributed by atoms with Gasteiger partial charge in [0.1, 0.15) is 0 Å². The number of carbonyl (C=O) groups is 1. The number of nitrogens with one attached hydrogen (secondary N) is 1. The molecule has 2 aromatic carbocycles. The molecule has 0 saturated heterocycles. The zero-order valence-electron chi connectivity index (χ0n) is 13.5. The zero-order valence-corrected chi connectivity index (χ0v) is 14.3. The summed E-state index contributed by atoms with van der Waals surface area (Å²) in [6.07, 6.45) is 3.45. The fourth-order valence-corrected chi connectivity index (χ4v) is 3.49. The number of pyridine rings is 2. The minimum Gasteiger partial charge on any atom is -0.352 e. The van der Waals surface area contributed by atoms with Crippen LogP contribution in [0, 0.1) is 0 Å². The van der Waals surface area contributed by atoms with Gasteiger partial charge in [-0.05, 0) is 42.5 Å². The summed E-state index contributed by atoms with van der Waals surface area (Å²) in [4.78, 5) is 22.2. The molecule has 26 heavy (non-hydrogen) atoms. The van der Waals surface area contributed by atoms with Crippen molar-refractivity contribution < 1.29 is 4.79 Å². The van der Waals surface area contributed by atoms with E-state index in [0.29, 0.717) is 16.3 Å². The van der Waals surface area contributed by atoms with Crippen molar-refractivity contribution in [1.29, 1.82) is 0 Å². The van der Waals surface area contributed by atoms with E-state index in [1.807, 2.05) is 48.5 Å². The van der Waals surface area contributed by atoms with Crippen molar-refractivity contribution in [2.75, 3.05) is 5.32 Å². The Balaban J connectivity index is 1.77. The maximum absolute atomic E-state index is 13.0. The first-order valence-corrected chi connectivity index (χ1v) is 8.55. The lowest BCUT2D eigenvalue weighted by atomic mass is 9.94. The first-order chi connectivity index (χ1) is 12.7. The number of ketones is 1. The topological polar surface area (TPSA) is 54.9 Å². The van der Waals surface area contributed by atoms with E-state index in [4.69, 9.17) is 16.6 Å². The van der Waals surface area contributed by atoms with Crippen LogP contribution in [-0.2, 0) is 0 Å². The van der Waals surface area contributed by atoms with Crippen LogP contribution < -0.4 is 5.32 Å². The molecule has 0 saturated carbocycles. The van der Waals surface area contributed by atoms with Crippen LogP contribution in [0.15, 0.2) is 66.5 Å². The van der Waals surface area contributed by atoms with E-state index in [0.717, 1.165) is 33.2 Å². The summed E-state index contributed by atoms with van der Waals surface area (Å²) in [6.45, 7) is 0. The third kappa shape index (κ3) is 2.27. The summed E-state index contributed by atoms with van der Waals surface area (Å²) < 4.78 is 0. The number of carbonyl (C=O) groups excluding carboxylic acids is 1. The van der Waals surface area contributed by atoms with Crippen LogP contribution in [0.2, 0.25) is 5.02 Å². The second-order valence-electron chi connectivity index (χ2n) is 6.12. The maximum atomic E-state index is 13.0. The summed E-state index contributed by atoms with van der Waals surface area (Å²) in [5, 5.41) is 5.48. The third-order valence-corrected chi connectivity index (χ3v) is 4.72. The van der Waals surface area contributed by atoms with Crippen molar-refractivity contribution >= 4 is 51.0 Å². The second kappa shape index (κ2) is 5.64. The average molecular weight is 358 g/mol. The molecule has 5 rings (SSSR count). The van der Waals surface area contributed by atoms with E-state index >= 15 is 0 Å². The van der Waals surface area contributed by atoms with Crippen LogP contribution in [0.5, 0.6) is 0 Å². The maximum Gasteiger partial charge on any atom is 0.210 e. The number of hydrogen-bond acceptors (Lipinski definition) is 4. The Bertz CT molecular complexity index is 1230. The summed E-state index contributed by atoms with van der Waals surface area (Å²) in [5.74, 6) is -0.0659. The normalized spacial score (nSPS) is 13.1. The number of halogens is 1. The van der Waals surface area contributed by atoms with Gasteiger partial charge in [-0.15, -0.1) is 0 Å². The van der Waals surface area contributed by atoms with Crippen LogP contribution >= 0.6 is 11.6 Å². The number of allylic oxidation sites excluding steroid dienone is 1. The molecular formula is C21H12ClN3O. The van der Waals surface area contributed by atoms with Gasteiger partial charge in [-0.1, -0.05) is 29.8 Å². The highest BCUT2D eigenvalue weighted by atomic mass is 35.5. The SMILES string of the molecule is O=C1C(Nc2ccccc2)=Cc2nc3cc(Cl)ccc3c3nccc1c23. The Hall–Kier alpha value is -3.24. The number of aromatic nitrogens is 2. The van der Waals surface area contributed by atoms with E-state index in [9.17, 15) is 4.79 Å². The second-order valence-corrected chi connectivity index (χ2v) is 6.56. The minimum absolute atomic E-state index is 0.0659. The first-order valence-electron chi connectivity index (χ1n) is 8.17. The predicted octanol–water partition coefficient (Wildman–Crippen LogP) is 5.09. The molecule has 4 aromatic rings. The summed E-state index contributed by atoms with van der Waals surface area (Å²) >= 11 is 6.13. The van der Waals surface area contributed by atoms with Crippen LogP contribution in [0.25, 0.3) is 27.9 Å². The third-order valence-electron chi connectivity index (χ3n) is 4.49. The Morgan fingerprint density at radius 3 is 2.69 bits per heavy atom. The quantitative estimate of drug-likeness (QED) is 0.508. The molecule has 0 bridgehead atoms. The van der Waals surface area contributed by atoms with Gasteiger partial charge in [0.2, 0.25) is 5.78 Å². The van der Waals surface area contributed by atoms with Gasteiger partial charge in [0, 0.05) is 33.2 Å². The molecule has 0 amide bonds. The monoisotopic (exact) mass is 357 g/mol. The first kappa shape index (κ1) is 15.0. The molecular weight excluding hydrogens is 346 g/mol. The zero-order chi connectivity index (χ0) is 17.7. The Morgan fingerprint density at radius 2 is 1.85 bits per heavy atom. The predicted molar refractivity (Wildman–Crippen MR) is 104 cm³/mol. The highest BCUT2D eigenvalue weighted by Gasteiger charge is 2.24. The van der Waals surface area contributed by atoms with E-state index in [1.165, 1.54) is 0 Å². The largest absolute Gasteiger partial charge is 0.352 e. The van der Waals surface area contributed by atoms with Gasteiger partial charge < -0.3 is 5.32 Å². The lowest BCUT2D eigenvalue weighted by molar-refractivity contribution is 0.103. The number of nitrogens with zero attached hydrogens (tertiary/aromatic N) is 2. The number of anilines is 1. The molecule has 1 N–H and O–H groups in total. The average Bonchev–Trinajstić information content (AvgIpc) is 2.66. The molecule has 0 spiro atoms. The molecule has 0 unspecified atom stereocenters. The molecule has 4 nitrogen and oxygen atoms in total. The Labute approximate surface area is 154 Å². The molecule has 0 atom stereocenters. The van der Waals surface area contributed by atoms with Crippen molar-refractivity contribution in [2.24, 2.45) is 0 Å². The van der Waals surface area contributed by atoms with Gasteiger partial charge in [-0.2, -0.15) is 0 Å².